The van der Waals surface area contributed by atoms with Crippen molar-refractivity contribution in [2.24, 2.45) is 11.5 Å². The molecule has 11 heteroatoms. The highest BCUT2D eigenvalue weighted by atomic mass is 32.1. The second-order valence-corrected chi connectivity index (χ2v) is 6.80. The summed E-state index contributed by atoms with van der Waals surface area (Å²) in [6.45, 7) is 0.517. The number of carboxylic acid groups (broad SMARTS) is 1. The zero-order chi connectivity index (χ0) is 20.4. The lowest BCUT2D eigenvalue weighted by atomic mass is 10.1. The van der Waals surface area contributed by atoms with Crippen LogP contribution in [0, 0.1) is 0 Å². The van der Waals surface area contributed by atoms with E-state index in [-0.39, 0.29) is 12.3 Å². The topological polar surface area (TPSA) is 168 Å². The molecule has 1 aliphatic heterocycles. The molecule has 3 unspecified atom stereocenters. The van der Waals surface area contributed by atoms with Crippen LogP contribution in [0.5, 0.6) is 0 Å². The minimum absolute atomic E-state index is 0.0139. The third-order valence-corrected chi connectivity index (χ3v) is 4.73. The van der Waals surface area contributed by atoms with Gasteiger partial charge in [0.15, 0.2) is 0 Å². The Morgan fingerprint density at radius 1 is 1.26 bits per heavy atom. The molecule has 154 valence electrons. The summed E-state index contributed by atoms with van der Waals surface area (Å²) in [4.78, 5) is 48.9. The Labute approximate surface area is 163 Å². The van der Waals surface area contributed by atoms with Crippen LogP contribution in [0.4, 0.5) is 0 Å². The van der Waals surface area contributed by atoms with Crippen molar-refractivity contribution in [3.63, 3.8) is 0 Å². The number of nitrogens with two attached hydrogens (primary N) is 2. The first-order valence-corrected chi connectivity index (χ1v) is 9.61. The van der Waals surface area contributed by atoms with Gasteiger partial charge in [-0.3, -0.25) is 14.4 Å². The van der Waals surface area contributed by atoms with Gasteiger partial charge in [0.25, 0.3) is 0 Å². The van der Waals surface area contributed by atoms with E-state index >= 15 is 0 Å². The first-order chi connectivity index (χ1) is 12.8. The van der Waals surface area contributed by atoms with Crippen LogP contribution in [-0.2, 0) is 19.2 Å². The molecule has 0 spiro atoms. The van der Waals surface area contributed by atoms with Crippen molar-refractivity contribution in [2.45, 2.75) is 50.2 Å². The fraction of sp³-hybridized carbons (Fsp3) is 0.750. The van der Waals surface area contributed by atoms with Crippen LogP contribution in [-0.4, -0.2) is 77.2 Å². The third-order valence-electron chi connectivity index (χ3n) is 4.37. The maximum Gasteiger partial charge on any atom is 0.326 e. The number of unbranched alkanes of at least 4 members (excludes halogenated alkanes) is 1. The van der Waals surface area contributed by atoms with Crippen molar-refractivity contribution in [1.29, 1.82) is 0 Å². The summed E-state index contributed by atoms with van der Waals surface area (Å²) in [6, 6.07) is -2.58. The van der Waals surface area contributed by atoms with Crippen LogP contribution in [0.2, 0.25) is 0 Å². The predicted octanol–water partition coefficient (Wildman–Crippen LogP) is -1.95. The number of nitrogens with one attached hydrogen (secondary N) is 2. The van der Waals surface area contributed by atoms with Crippen molar-refractivity contribution in [1.82, 2.24) is 15.5 Å². The molecule has 27 heavy (non-hydrogen) atoms. The maximum atomic E-state index is 12.5. The zero-order valence-corrected chi connectivity index (χ0v) is 16.1. The summed E-state index contributed by atoms with van der Waals surface area (Å²) in [6.07, 6.45) is 2.92. The number of carbonyl (C=O) groups is 4. The van der Waals surface area contributed by atoms with Crippen molar-refractivity contribution < 1.29 is 24.3 Å². The summed E-state index contributed by atoms with van der Waals surface area (Å²) < 4.78 is 0. The summed E-state index contributed by atoms with van der Waals surface area (Å²) in [5.41, 5.74) is 11.1. The lowest BCUT2D eigenvalue weighted by Gasteiger charge is -2.26. The Bertz CT molecular complexity index is 547. The molecule has 1 heterocycles. The van der Waals surface area contributed by atoms with Crippen molar-refractivity contribution >= 4 is 36.3 Å². The van der Waals surface area contributed by atoms with E-state index in [2.05, 4.69) is 23.3 Å². The first-order valence-electron chi connectivity index (χ1n) is 8.98. The van der Waals surface area contributed by atoms with Crippen LogP contribution in [0.3, 0.4) is 0 Å². The van der Waals surface area contributed by atoms with Crippen molar-refractivity contribution in [3.8, 4) is 0 Å². The number of aliphatic carboxylic acids is 1. The molecule has 0 aromatic carbocycles. The molecule has 0 saturated carbocycles. The average Bonchev–Trinajstić information content (AvgIpc) is 3.13. The van der Waals surface area contributed by atoms with Gasteiger partial charge in [0.05, 0.1) is 12.6 Å². The largest absolute Gasteiger partial charge is 0.480 e. The first kappa shape index (κ1) is 23.2. The number of likely N-dealkylation sites (tertiary alicyclic amines) is 1. The molecule has 3 amide bonds. The van der Waals surface area contributed by atoms with E-state index in [1.807, 2.05) is 0 Å². The van der Waals surface area contributed by atoms with E-state index in [0.717, 1.165) is 6.42 Å². The molecule has 1 fully saturated rings. The van der Waals surface area contributed by atoms with E-state index in [9.17, 15) is 24.3 Å². The lowest BCUT2D eigenvalue weighted by Crippen LogP contribution is -2.54. The van der Waals surface area contributed by atoms with Gasteiger partial charge in [0.2, 0.25) is 17.7 Å². The molecule has 0 aromatic heterocycles. The standard InChI is InChI=1S/C16H29N5O5S/c17-6-2-1-4-10(18)14(23)19-8-13(22)20-11(9-27)15(24)21-7-3-5-12(21)16(25)26/h10-12,27H,1-9,17-18H2,(H,19,23)(H,20,22)(H,25,26). The molecule has 3 atom stereocenters. The maximum absolute atomic E-state index is 12.5. The summed E-state index contributed by atoms with van der Waals surface area (Å²) in [5, 5.41) is 14.1. The van der Waals surface area contributed by atoms with Gasteiger partial charge in [-0.2, -0.15) is 12.6 Å². The van der Waals surface area contributed by atoms with Crippen molar-refractivity contribution in [3.05, 3.63) is 0 Å². The minimum Gasteiger partial charge on any atom is -0.480 e. The smallest absolute Gasteiger partial charge is 0.326 e. The number of thiol groups is 1. The van der Waals surface area contributed by atoms with Crippen LogP contribution in [0.25, 0.3) is 0 Å². The van der Waals surface area contributed by atoms with E-state index < -0.39 is 41.8 Å². The monoisotopic (exact) mass is 403 g/mol. The molecule has 1 saturated heterocycles. The van der Waals surface area contributed by atoms with E-state index in [1.54, 1.807) is 0 Å². The number of nitrogens with zero attached hydrogens (tertiary/aromatic N) is 1. The van der Waals surface area contributed by atoms with Gasteiger partial charge in [-0.1, -0.05) is 6.42 Å². The quantitative estimate of drug-likeness (QED) is 0.172. The number of carboxylic acids is 1. The predicted molar refractivity (Wildman–Crippen MR) is 102 cm³/mol. The molecule has 1 rings (SSSR count). The van der Waals surface area contributed by atoms with Gasteiger partial charge in [-0.15, -0.1) is 0 Å². The highest BCUT2D eigenvalue weighted by Crippen LogP contribution is 2.18. The number of hydrogen-bond donors (Lipinski definition) is 6. The van der Waals surface area contributed by atoms with Crippen LogP contribution >= 0.6 is 12.6 Å². The van der Waals surface area contributed by atoms with Gasteiger partial charge in [-0.25, -0.2) is 4.79 Å². The Morgan fingerprint density at radius 3 is 2.56 bits per heavy atom. The molecule has 10 nitrogen and oxygen atoms in total. The van der Waals surface area contributed by atoms with Gasteiger partial charge in [0, 0.05) is 12.3 Å². The van der Waals surface area contributed by atoms with Gasteiger partial charge in [-0.05, 0) is 32.2 Å². The Hall–Kier alpha value is -1.85. The number of amides is 3. The number of hydrogen-bond acceptors (Lipinski definition) is 7. The highest BCUT2D eigenvalue weighted by molar-refractivity contribution is 7.80. The number of rotatable bonds is 11. The van der Waals surface area contributed by atoms with E-state index in [4.69, 9.17) is 11.5 Å². The third kappa shape index (κ3) is 7.35. The summed E-state index contributed by atoms with van der Waals surface area (Å²) in [5.74, 6) is -2.58. The SMILES string of the molecule is NCCCCC(N)C(=O)NCC(=O)NC(CS)C(=O)N1CCCC1C(=O)O. The molecule has 0 bridgehead atoms. The average molecular weight is 404 g/mol. The van der Waals surface area contributed by atoms with E-state index in [0.29, 0.717) is 38.8 Å². The fourth-order valence-corrected chi connectivity index (χ4v) is 3.10. The van der Waals surface area contributed by atoms with Crippen LogP contribution in [0.15, 0.2) is 0 Å². The minimum atomic E-state index is -1.07. The van der Waals surface area contributed by atoms with Gasteiger partial charge < -0.3 is 32.1 Å². The zero-order valence-electron chi connectivity index (χ0n) is 15.2. The second kappa shape index (κ2) is 11.8. The molecular formula is C16H29N5O5S. The van der Waals surface area contributed by atoms with E-state index in [1.165, 1.54) is 4.90 Å². The molecule has 0 aromatic rings. The fourth-order valence-electron chi connectivity index (χ4n) is 2.86. The van der Waals surface area contributed by atoms with Crippen LogP contribution < -0.4 is 22.1 Å². The molecule has 7 N–H and O–H groups in total. The normalized spacial score (nSPS) is 18.6. The molecule has 0 aliphatic carbocycles. The molecule has 1 aliphatic rings. The second-order valence-electron chi connectivity index (χ2n) is 6.44. The van der Waals surface area contributed by atoms with Crippen molar-refractivity contribution in [2.75, 3.05) is 25.4 Å². The summed E-state index contributed by atoms with van der Waals surface area (Å²) in [7, 11) is 0. The Kier molecular flexibility index (Phi) is 10.1. The van der Waals surface area contributed by atoms with Gasteiger partial charge >= 0.3 is 5.97 Å². The Balaban J connectivity index is 2.47. The van der Waals surface area contributed by atoms with Crippen LogP contribution in [0.1, 0.15) is 32.1 Å². The summed E-state index contributed by atoms with van der Waals surface area (Å²) >= 11 is 4.07. The van der Waals surface area contributed by atoms with Gasteiger partial charge in [0.1, 0.15) is 12.1 Å². The number of carbonyl (C=O) groups excluding carboxylic acids is 3. The molecular weight excluding hydrogens is 374 g/mol. The highest BCUT2D eigenvalue weighted by Gasteiger charge is 2.37. The lowest BCUT2D eigenvalue weighted by molar-refractivity contribution is -0.149. The Morgan fingerprint density at radius 2 is 1.96 bits per heavy atom. The molecule has 0 radical (unpaired) electrons.